The van der Waals surface area contributed by atoms with E-state index in [9.17, 15) is 13.6 Å². The lowest BCUT2D eigenvalue weighted by molar-refractivity contribution is 0.0232. The van der Waals surface area contributed by atoms with E-state index in [4.69, 9.17) is 9.84 Å². The topological polar surface area (TPSA) is 58.6 Å². The van der Waals surface area contributed by atoms with Crippen molar-refractivity contribution in [3.05, 3.63) is 29.3 Å². The second-order valence-electron chi connectivity index (χ2n) is 4.64. The summed E-state index contributed by atoms with van der Waals surface area (Å²) in [6.07, 6.45) is 1.46. The van der Waals surface area contributed by atoms with E-state index >= 15 is 0 Å². The van der Waals surface area contributed by atoms with E-state index in [2.05, 4.69) is 5.32 Å². The van der Waals surface area contributed by atoms with Crippen molar-refractivity contribution < 1.29 is 23.4 Å². The van der Waals surface area contributed by atoms with Crippen molar-refractivity contribution in [1.29, 1.82) is 0 Å². The quantitative estimate of drug-likeness (QED) is 0.887. The summed E-state index contributed by atoms with van der Waals surface area (Å²) in [6.45, 7) is 2.48. The van der Waals surface area contributed by atoms with E-state index in [0.717, 1.165) is 6.07 Å². The third-order valence-electron chi connectivity index (χ3n) is 3.16. The fraction of sp³-hybridized carbons (Fsp3) is 0.462. The zero-order chi connectivity index (χ0) is 14.0. The fourth-order valence-corrected chi connectivity index (χ4v) is 2.18. The van der Waals surface area contributed by atoms with Crippen LogP contribution < -0.4 is 5.32 Å². The molecule has 2 N–H and O–H groups in total. The van der Waals surface area contributed by atoms with Crippen molar-refractivity contribution in [2.45, 2.75) is 31.9 Å². The van der Waals surface area contributed by atoms with Crippen molar-refractivity contribution in [3.63, 3.8) is 0 Å². The Bertz CT molecular complexity index is 493. The van der Waals surface area contributed by atoms with Crippen molar-refractivity contribution >= 4 is 11.7 Å². The Labute approximate surface area is 109 Å². The monoisotopic (exact) mass is 271 g/mol. The van der Waals surface area contributed by atoms with Crippen LogP contribution in [0.2, 0.25) is 0 Å². The van der Waals surface area contributed by atoms with Crippen LogP contribution in [0, 0.1) is 11.6 Å². The summed E-state index contributed by atoms with van der Waals surface area (Å²) in [5.41, 5.74) is -0.676. The Morgan fingerprint density at radius 2 is 2.16 bits per heavy atom. The Hall–Kier alpha value is -1.69. The smallest absolute Gasteiger partial charge is 0.338 e. The maximum Gasteiger partial charge on any atom is 0.338 e. The van der Waals surface area contributed by atoms with Crippen molar-refractivity contribution in [2.75, 3.05) is 11.9 Å². The summed E-state index contributed by atoms with van der Waals surface area (Å²) in [4.78, 5) is 10.7. The minimum atomic E-state index is -1.48. The van der Waals surface area contributed by atoms with Crippen LogP contribution in [-0.4, -0.2) is 29.8 Å². The van der Waals surface area contributed by atoms with Crippen LogP contribution in [-0.2, 0) is 4.74 Å². The van der Waals surface area contributed by atoms with Gasteiger partial charge < -0.3 is 15.2 Å². The van der Waals surface area contributed by atoms with Gasteiger partial charge in [0.15, 0.2) is 11.6 Å². The molecule has 1 aliphatic rings. The summed E-state index contributed by atoms with van der Waals surface area (Å²) in [5, 5.41) is 11.6. The molecule has 1 aromatic rings. The van der Waals surface area contributed by atoms with Crippen LogP contribution >= 0.6 is 0 Å². The zero-order valence-electron chi connectivity index (χ0n) is 10.5. The molecule has 0 aliphatic carbocycles. The average Bonchev–Trinajstić information content (AvgIpc) is 2.35. The van der Waals surface area contributed by atoms with Crippen molar-refractivity contribution in [1.82, 2.24) is 0 Å². The normalized spacial score (nSPS) is 23.1. The summed E-state index contributed by atoms with van der Waals surface area (Å²) >= 11 is 0. The summed E-state index contributed by atoms with van der Waals surface area (Å²) < 4.78 is 32.6. The second-order valence-corrected chi connectivity index (χ2v) is 4.64. The molecule has 0 radical (unpaired) electrons. The lowest BCUT2D eigenvalue weighted by Gasteiger charge is -2.28. The van der Waals surface area contributed by atoms with E-state index in [0.29, 0.717) is 19.4 Å². The molecule has 1 fully saturated rings. The highest BCUT2D eigenvalue weighted by molar-refractivity contribution is 5.88. The molecule has 1 aliphatic heterocycles. The Morgan fingerprint density at radius 3 is 2.79 bits per heavy atom. The molecule has 0 amide bonds. The molecule has 4 nitrogen and oxygen atoms in total. The maximum atomic E-state index is 13.7. The molecule has 0 aromatic heterocycles. The van der Waals surface area contributed by atoms with E-state index in [1.807, 2.05) is 6.92 Å². The van der Waals surface area contributed by atoms with Gasteiger partial charge in [0.1, 0.15) is 0 Å². The number of hydrogen-bond acceptors (Lipinski definition) is 3. The van der Waals surface area contributed by atoms with Crippen LogP contribution in [0.25, 0.3) is 0 Å². The molecular weight excluding hydrogens is 256 g/mol. The standard InChI is InChI=1S/C13H15F2NO3/c1-7-6-8(4-5-19-7)16-10-3-2-9(13(17)18)11(14)12(10)15/h2-3,7-8,16H,4-6H2,1H3,(H,17,18). The number of halogens is 2. The first-order valence-electron chi connectivity index (χ1n) is 6.08. The number of anilines is 1. The first-order valence-corrected chi connectivity index (χ1v) is 6.08. The molecule has 0 spiro atoms. The minimum Gasteiger partial charge on any atom is -0.478 e. The van der Waals surface area contributed by atoms with Gasteiger partial charge in [-0.25, -0.2) is 13.6 Å². The van der Waals surface area contributed by atoms with Gasteiger partial charge in [-0.05, 0) is 31.9 Å². The van der Waals surface area contributed by atoms with Crippen molar-refractivity contribution in [2.24, 2.45) is 0 Å². The molecule has 19 heavy (non-hydrogen) atoms. The fourth-order valence-electron chi connectivity index (χ4n) is 2.18. The highest BCUT2D eigenvalue weighted by Crippen LogP contribution is 2.24. The Balaban J connectivity index is 2.17. The predicted molar refractivity (Wildman–Crippen MR) is 65.4 cm³/mol. The van der Waals surface area contributed by atoms with Gasteiger partial charge in [0.25, 0.3) is 0 Å². The number of rotatable bonds is 3. The molecule has 1 saturated heterocycles. The van der Waals surface area contributed by atoms with Gasteiger partial charge in [-0.2, -0.15) is 0 Å². The van der Waals surface area contributed by atoms with Gasteiger partial charge in [-0.15, -0.1) is 0 Å². The highest BCUT2D eigenvalue weighted by Gasteiger charge is 2.23. The SMILES string of the molecule is CC1CC(Nc2ccc(C(=O)O)c(F)c2F)CCO1. The Kier molecular flexibility index (Phi) is 3.99. The molecule has 2 atom stereocenters. The van der Waals surface area contributed by atoms with Gasteiger partial charge in [0, 0.05) is 12.6 Å². The van der Waals surface area contributed by atoms with E-state index in [1.54, 1.807) is 0 Å². The van der Waals surface area contributed by atoms with Crippen LogP contribution in [0.4, 0.5) is 14.5 Å². The van der Waals surface area contributed by atoms with Crippen LogP contribution in [0.1, 0.15) is 30.1 Å². The number of carboxylic acid groups (broad SMARTS) is 1. The average molecular weight is 271 g/mol. The number of aromatic carboxylic acids is 1. The van der Waals surface area contributed by atoms with Crippen LogP contribution in [0.15, 0.2) is 12.1 Å². The number of nitrogens with one attached hydrogen (secondary N) is 1. The van der Waals surface area contributed by atoms with Crippen molar-refractivity contribution in [3.8, 4) is 0 Å². The summed E-state index contributed by atoms with van der Waals surface area (Å²) in [6, 6.07) is 2.31. The number of benzene rings is 1. The molecule has 2 rings (SSSR count). The molecule has 6 heteroatoms. The third kappa shape index (κ3) is 3.01. The second kappa shape index (κ2) is 5.52. The molecule has 0 saturated carbocycles. The Morgan fingerprint density at radius 1 is 1.42 bits per heavy atom. The van der Waals surface area contributed by atoms with Gasteiger partial charge >= 0.3 is 5.97 Å². The predicted octanol–water partition coefficient (Wildman–Crippen LogP) is 2.64. The van der Waals surface area contributed by atoms with E-state index in [-0.39, 0.29) is 17.8 Å². The number of carboxylic acids is 1. The summed E-state index contributed by atoms with van der Waals surface area (Å²) in [5.74, 6) is -3.97. The van der Waals surface area contributed by atoms with Crippen LogP contribution in [0.5, 0.6) is 0 Å². The van der Waals surface area contributed by atoms with Gasteiger partial charge in [-0.1, -0.05) is 0 Å². The van der Waals surface area contributed by atoms with E-state index in [1.165, 1.54) is 6.07 Å². The van der Waals surface area contributed by atoms with Crippen LogP contribution in [0.3, 0.4) is 0 Å². The number of ether oxygens (including phenoxy) is 1. The molecule has 2 unspecified atom stereocenters. The molecular formula is C13H15F2NO3. The van der Waals surface area contributed by atoms with Gasteiger partial charge in [-0.3, -0.25) is 0 Å². The summed E-state index contributed by atoms with van der Waals surface area (Å²) in [7, 11) is 0. The third-order valence-corrected chi connectivity index (χ3v) is 3.16. The lowest BCUT2D eigenvalue weighted by Crippen LogP contribution is -2.32. The lowest BCUT2D eigenvalue weighted by atomic mass is 10.0. The largest absolute Gasteiger partial charge is 0.478 e. The number of hydrogen-bond donors (Lipinski definition) is 2. The highest BCUT2D eigenvalue weighted by atomic mass is 19.2. The maximum absolute atomic E-state index is 13.7. The molecule has 1 aromatic carbocycles. The molecule has 0 bridgehead atoms. The van der Waals surface area contributed by atoms with Gasteiger partial charge in [0.2, 0.25) is 0 Å². The zero-order valence-corrected chi connectivity index (χ0v) is 10.5. The first kappa shape index (κ1) is 13.7. The van der Waals surface area contributed by atoms with Gasteiger partial charge in [0.05, 0.1) is 17.4 Å². The van der Waals surface area contributed by atoms with E-state index < -0.39 is 23.2 Å². The molecule has 104 valence electrons. The first-order chi connectivity index (χ1) is 8.99. The molecule has 1 heterocycles. The number of carbonyl (C=O) groups is 1. The minimum absolute atomic E-state index is 0.00618.